The molecule has 8 nitrogen and oxygen atoms in total. The molecule has 0 spiro atoms. The van der Waals surface area contributed by atoms with Crippen molar-refractivity contribution in [1.82, 2.24) is 0 Å². The number of fused-ring (bicyclic) bond motifs is 1. The molecular weight excluding hydrogens is 603 g/mol. The lowest BCUT2D eigenvalue weighted by Crippen LogP contribution is -2.21. The molecule has 0 amide bonds. The van der Waals surface area contributed by atoms with Crippen LogP contribution in [0.4, 0.5) is 0 Å². The van der Waals surface area contributed by atoms with Crippen LogP contribution in [0.5, 0.6) is 28.7 Å². The Balaban J connectivity index is 1.42. The molecule has 0 saturated carbocycles. The number of allylic oxidation sites excluding steroid dienone is 1. The number of carbonyl (C=O) groups excluding carboxylic acids is 1. The van der Waals surface area contributed by atoms with Gasteiger partial charge in [0.2, 0.25) is 5.88 Å². The van der Waals surface area contributed by atoms with E-state index >= 15 is 0 Å². The molecule has 4 aromatic rings. The first-order valence-corrected chi connectivity index (χ1v) is 14.6. The van der Waals surface area contributed by atoms with Gasteiger partial charge in [0.15, 0.2) is 11.5 Å². The highest BCUT2D eigenvalue weighted by Crippen LogP contribution is 2.45. The molecule has 1 aliphatic heterocycles. The minimum Gasteiger partial charge on any atom is -0.494 e. The molecule has 1 atom stereocenters. The summed E-state index contributed by atoms with van der Waals surface area (Å²) in [6.45, 7) is 4.86. The predicted octanol–water partition coefficient (Wildman–Crippen LogP) is 7.81. The molecule has 2 N–H and O–H groups in total. The number of hydrogen-bond acceptors (Lipinski definition) is 8. The molecule has 0 aliphatic carbocycles. The maximum absolute atomic E-state index is 12.8. The standard InChI is InChI=1S/C34H28Cl2N2O6/c1-3-40-24-10-6-20(7-11-24)34(39)43-25-12-13-26-30(17-25)44-33(38)27(18-37)32(26)21-8-14-29(31(15-21)41-4-2)42-19-22-5-9-23(35)16-28(22)36/h5-17,32H,3-4,19,38H2,1-2H3. The number of carbonyl (C=O) groups is 1. The van der Waals surface area contributed by atoms with Crippen LogP contribution in [-0.4, -0.2) is 19.2 Å². The Bertz CT molecular complexity index is 1770. The molecule has 44 heavy (non-hydrogen) atoms. The summed E-state index contributed by atoms with van der Waals surface area (Å²) in [5.41, 5.74) is 8.98. The van der Waals surface area contributed by atoms with E-state index in [1.165, 1.54) is 0 Å². The molecule has 1 heterocycles. The molecule has 0 bridgehead atoms. The van der Waals surface area contributed by atoms with Gasteiger partial charge in [-0.25, -0.2) is 4.79 Å². The lowest BCUT2D eigenvalue weighted by Gasteiger charge is -2.27. The van der Waals surface area contributed by atoms with Crippen molar-refractivity contribution in [2.24, 2.45) is 5.73 Å². The van der Waals surface area contributed by atoms with Crippen molar-refractivity contribution in [3.8, 4) is 34.8 Å². The second-order valence-electron chi connectivity index (χ2n) is 9.63. The third-order valence-electron chi connectivity index (χ3n) is 6.80. The first-order valence-electron chi connectivity index (χ1n) is 13.8. The highest BCUT2D eigenvalue weighted by Gasteiger charge is 2.32. The zero-order chi connectivity index (χ0) is 31.2. The Morgan fingerprint density at radius 2 is 1.64 bits per heavy atom. The summed E-state index contributed by atoms with van der Waals surface area (Å²) in [7, 11) is 0. The fourth-order valence-corrected chi connectivity index (χ4v) is 5.21. The Hall–Kier alpha value is -4.84. The van der Waals surface area contributed by atoms with Gasteiger partial charge in [0.25, 0.3) is 0 Å². The predicted molar refractivity (Wildman–Crippen MR) is 167 cm³/mol. The molecular formula is C34H28Cl2N2O6. The number of esters is 1. The Morgan fingerprint density at radius 3 is 2.34 bits per heavy atom. The first kappa shape index (κ1) is 30.6. The van der Waals surface area contributed by atoms with E-state index in [2.05, 4.69) is 6.07 Å². The SMILES string of the molecule is CCOc1ccc(C(=O)Oc2ccc3c(c2)OC(N)=C(C#N)C3c2ccc(OCc3ccc(Cl)cc3Cl)c(OCC)c2)cc1. The van der Waals surface area contributed by atoms with Crippen molar-refractivity contribution in [3.05, 3.63) is 123 Å². The number of nitrogens with two attached hydrogens (primary N) is 1. The highest BCUT2D eigenvalue weighted by molar-refractivity contribution is 6.35. The van der Waals surface area contributed by atoms with Gasteiger partial charge in [-0.15, -0.1) is 0 Å². The quantitative estimate of drug-likeness (QED) is 0.139. The van der Waals surface area contributed by atoms with Gasteiger partial charge in [-0.2, -0.15) is 5.26 Å². The van der Waals surface area contributed by atoms with Crippen LogP contribution in [0, 0.1) is 11.3 Å². The number of nitriles is 1. The molecule has 4 aromatic carbocycles. The maximum Gasteiger partial charge on any atom is 0.343 e. The van der Waals surface area contributed by atoms with Gasteiger partial charge >= 0.3 is 5.97 Å². The van der Waals surface area contributed by atoms with E-state index in [9.17, 15) is 10.1 Å². The van der Waals surface area contributed by atoms with E-state index in [0.717, 1.165) is 11.1 Å². The summed E-state index contributed by atoms with van der Waals surface area (Å²) in [4.78, 5) is 12.8. The summed E-state index contributed by atoms with van der Waals surface area (Å²) >= 11 is 12.3. The number of halogens is 2. The zero-order valence-corrected chi connectivity index (χ0v) is 25.4. The van der Waals surface area contributed by atoms with Crippen LogP contribution >= 0.6 is 23.2 Å². The highest BCUT2D eigenvalue weighted by atomic mass is 35.5. The summed E-state index contributed by atoms with van der Waals surface area (Å²) in [6, 6.07) is 24.5. The average Bonchev–Trinajstić information content (AvgIpc) is 3.01. The van der Waals surface area contributed by atoms with E-state index in [1.54, 1.807) is 66.7 Å². The van der Waals surface area contributed by atoms with Crippen LogP contribution in [0.3, 0.4) is 0 Å². The van der Waals surface area contributed by atoms with Crippen LogP contribution in [-0.2, 0) is 6.61 Å². The first-order chi connectivity index (χ1) is 21.3. The van der Waals surface area contributed by atoms with Crippen molar-refractivity contribution in [1.29, 1.82) is 5.26 Å². The van der Waals surface area contributed by atoms with Gasteiger partial charge in [-0.1, -0.05) is 41.4 Å². The van der Waals surface area contributed by atoms with E-state index in [1.807, 2.05) is 26.0 Å². The van der Waals surface area contributed by atoms with Crippen LogP contribution < -0.4 is 29.4 Å². The van der Waals surface area contributed by atoms with Gasteiger partial charge in [-0.05, 0) is 74.0 Å². The number of benzene rings is 4. The van der Waals surface area contributed by atoms with Gasteiger partial charge in [0.05, 0.1) is 24.7 Å². The normalized spacial score (nSPS) is 13.8. The Labute approximate surface area is 265 Å². The number of rotatable bonds is 10. The zero-order valence-electron chi connectivity index (χ0n) is 23.9. The maximum atomic E-state index is 12.8. The smallest absolute Gasteiger partial charge is 0.343 e. The topological polar surface area (TPSA) is 113 Å². The van der Waals surface area contributed by atoms with Gasteiger partial charge in [0, 0.05) is 27.2 Å². The Morgan fingerprint density at radius 1 is 0.886 bits per heavy atom. The summed E-state index contributed by atoms with van der Waals surface area (Å²) in [5.74, 6) is 1.10. The lowest BCUT2D eigenvalue weighted by atomic mass is 9.83. The van der Waals surface area contributed by atoms with Crippen molar-refractivity contribution >= 4 is 29.2 Å². The molecule has 224 valence electrons. The monoisotopic (exact) mass is 630 g/mol. The third kappa shape index (κ3) is 6.70. The average molecular weight is 632 g/mol. The fourth-order valence-electron chi connectivity index (χ4n) is 4.75. The van der Waals surface area contributed by atoms with E-state index in [4.69, 9.17) is 52.6 Å². The molecule has 5 rings (SSSR count). The second kappa shape index (κ2) is 13.6. The minimum atomic E-state index is -0.571. The molecule has 0 saturated heterocycles. The van der Waals surface area contributed by atoms with Gasteiger partial charge in [0.1, 0.15) is 35.5 Å². The minimum absolute atomic E-state index is 0.0457. The summed E-state index contributed by atoms with van der Waals surface area (Å²) in [6.07, 6.45) is 0. The molecule has 0 fully saturated rings. The number of ether oxygens (including phenoxy) is 5. The molecule has 1 unspecified atom stereocenters. The van der Waals surface area contributed by atoms with E-state index in [-0.39, 0.29) is 23.8 Å². The fraction of sp³-hybridized carbons (Fsp3) is 0.176. The van der Waals surface area contributed by atoms with Crippen LogP contribution in [0.1, 0.15) is 46.8 Å². The molecule has 10 heteroatoms. The molecule has 0 radical (unpaired) electrons. The molecule has 1 aliphatic rings. The second-order valence-corrected chi connectivity index (χ2v) is 10.5. The summed E-state index contributed by atoms with van der Waals surface area (Å²) in [5, 5.41) is 11.1. The van der Waals surface area contributed by atoms with Crippen molar-refractivity contribution in [2.75, 3.05) is 13.2 Å². The number of nitrogens with zero attached hydrogens (tertiary/aromatic N) is 1. The molecule has 0 aromatic heterocycles. The Kier molecular flexibility index (Phi) is 9.49. The van der Waals surface area contributed by atoms with Gasteiger partial charge in [-0.3, -0.25) is 0 Å². The van der Waals surface area contributed by atoms with Crippen molar-refractivity contribution < 1.29 is 28.5 Å². The van der Waals surface area contributed by atoms with Crippen molar-refractivity contribution in [3.63, 3.8) is 0 Å². The van der Waals surface area contributed by atoms with Crippen molar-refractivity contribution in [2.45, 2.75) is 26.4 Å². The lowest BCUT2D eigenvalue weighted by molar-refractivity contribution is 0.0734. The van der Waals surface area contributed by atoms with Crippen LogP contribution in [0.15, 0.2) is 90.3 Å². The van der Waals surface area contributed by atoms with E-state index in [0.29, 0.717) is 57.4 Å². The number of hydrogen-bond donors (Lipinski definition) is 1. The largest absolute Gasteiger partial charge is 0.494 e. The van der Waals surface area contributed by atoms with Gasteiger partial charge < -0.3 is 29.4 Å². The van der Waals surface area contributed by atoms with Crippen LogP contribution in [0.25, 0.3) is 0 Å². The van der Waals surface area contributed by atoms with E-state index < -0.39 is 11.9 Å². The summed E-state index contributed by atoms with van der Waals surface area (Å²) < 4.78 is 28.8. The third-order valence-corrected chi connectivity index (χ3v) is 7.39. The van der Waals surface area contributed by atoms with Crippen LogP contribution in [0.2, 0.25) is 10.0 Å².